The average molecular weight is 439 g/mol. The quantitative estimate of drug-likeness (QED) is 0.680. The number of piperazine rings is 1. The Hall–Kier alpha value is -2.19. The average Bonchev–Trinajstić information content (AvgIpc) is 3.00. The fraction of sp³-hybridized carbons (Fsp3) is 0.565. The van der Waals surface area contributed by atoms with Gasteiger partial charge in [0, 0.05) is 64.1 Å². The summed E-state index contributed by atoms with van der Waals surface area (Å²) in [5.74, 6) is 0.911. The van der Waals surface area contributed by atoms with Crippen molar-refractivity contribution in [2.24, 2.45) is 0 Å². The van der Waals surface area contributed by atoms with Crippen LogP contribution in [0.2, 0.25) is 0 Å². The largest absolute Gasteiger partial charge is 0.338 e. The number of aromatic nitrogens is 3. The summed E-state index contributed by atoms with van der Waals surface area (Å²) in [7, 11) is 0. The van der Waals surface area contributed by atoms with Gasteiger partial charge in [-0.2, -0.15) is 0 Å². The fourth-order valence-corrected chi connectivity index (χ4v) is 5.29. The first-order valence-corrected chi connectivity index (χ1v) is 12.6. The van der Waals surface area contributed by atoms with Crippen LogP contribution in [0, 0.1) is 0 Å². The van der Waals surface area contributed by atoms with E-state index in [2.05, 4.69) is 14.8 Å². The van der Waals surface area contributed by atoms with Gasteiger partial charge in [0.15, 0.2) is 0 Å². The minimum absolute atomic E-state index is 0.0607. The van der Waals surface area contributed by atoms with Gasteiger partial charge in [-0.1, -0.05) is 6.42 Å². The first kappa shape index (κ1) is 20.7. The molecular formula is C23H30N6OS. The summed E-state index contributed by atoms with van der Waals surface area (Å²) in [6.07, 6.45) is 11.4. The second kappa shape index (κ2) is 9.12. The summed E-state index contributed by atoms with van der Waals surface area (Å²) in [5, 5.41) is 0.789. The Labute approximate surface area is 188 Å². The molecule has 0 aromatic carbocycles. The number of rotatable bonds is 4. The van der Waals surface area contributed by atoms with Crippen LogP contribution in [0.25, 0.3) is 0 Å². The third-order valence-electron chi connectivity index (χ3n) is 6.88. The third-order valence-corrected chi connectivity index (χ3v) is 7.59. The van der Waals surface area contributed by atoms with Crippen molar-refractivity contribution in [1.29, 1.82) is 0 Å². The van der Waals surface area contributed by atoms with Crippen molar-refractivity contribution in [2.45, 2.75) is 43.2 Å². The number of carbonyl (C=O) groups is 1. The molecule has 1 aliphatic carbocycles. The SMILES string of the molecule is CSc1ncccc1C(=O)N1CCc2cnc(N3CCN(C4CCC4)CC3)nc2CC1. The second-order valence-corrected chi connectivity index (χ2v) is 9.40. The van der Waals surface area contributed by atoms with Crippen molar-refractivity contribution in [3.05, 3.63) is 41.3 Å². The molecule has 2 aromatic heterocycles. The zero-order valence-electron chi connectivity index (χ0n) is 18.2. The normalized spacial score (nSPS) is 20.2. The topological polar surface area (TPSA) is 65.5 Å². The van der Waals surface area contributed by atoms with Gasteiger partial charge in [-0.25, -0.2) is 15.0 Å². The smallest absolute Gasteiger partial charge is 0.256 e. The summed E-state index contributed by atoms with van der Waals surface area (Å²) in [4.78, 5) is 34.0. The number of anilines is 1. The highest BCUT2D eigenvalue weighted by molar-refractivity contribution is 7.98. The Morgan fingerprint density at radius 1 is 1.06 bits per heavy atom. The molecule has 0 bridgehead atoms. The van der Waals surface area contributed by atoms with Gasteiger partial charge in [-0.3, -0.25) is 9.69 Å². The van der Waals surface area contributed by atoms with E-state index < -0.39 is 0 Å². The lowest BCUT2D eigenvalue weighted by Crippen LogP contribution is -2.52. The Morgan fingerprint density at radius 3 is 2.61 bits per heavy atom. The standard InChI is InChI=1S/C23H30N6OS/c1-31-21-19(6-3-9-24-21)22(30)28-10-7-17-16-25-23(26-20(17)8-11-28)29-14-12-27(13-15-29)18-4-2-5-18/h3,6,9,16,18H,2,4-5,7-8,10-15H2,1H3. The van der Waals surface area contributed by atoms with Crippen LogP contribution in [0.5, 0.6) is 0 Å². The van der Waals surface area contributed by atoms with Crippen molar-refractivity contribution in [3.63, 3.8) is 0 Å². The van der Waals surface area contributed by atoms with Gasteiger partial charge >= 0.3 is 0 Å². The highest BCUT2D eigenvalue weighted by atomic mass is 32.2. The van der Waals surface area contributed by atoms with Crippen LogP contribution in [-0.2, 0) is 12.8 Å². The van der Waals surface area contributed by atoms with Crippen molar-refractivity contribution >= 4 is 23.6 Å². The van der Waals surface area contributed by atoms with E-state index in [4.69, 9.17) is 9.97 Å². The fourth-order valence-electron chi connectivity index (χ4n) is 4.75. The lowest BCUT2D eigenvalue weighted by molar-refractivity contribution is 0.0758. The molecule has 0 radical (unpaired) electrons. The van der Waals surface area contributed by atoms with Gasteiger partial charge in [0.2, 0.25) is 5.95 Å². The zero-order valence-corrected chi connectivity index (χ0v) is 19.0. The summed E-state index contributed by atoms with van der Waals surface area (Å²) < 4.78 is 0. The minimum atomic E-state index is 0.0607. The molecule has 1 saturated carbocycles. The molecule has 0 spiro atoms. The molecule has 31 heavy (non-hydrogen) atoms. The van der Waals surface area contributed by atoms with Crippen molar-refractivity contribution in [3.8, 4) is 0 Å². The number of thioether (sulfide) groups is 1. The monoisotopic (exact) mass is 438 g/mol. The molecule has 3 aliphatic rings. The molecule has 1 saturated heterocycles. The maximum Gasteiger partial charge on any atom is 0.256 e. The lowest BCUT2D eigenvalue weighted by Gasteiger charge is -2.43. The van der Waals surface area contributed by atoms with Gasteiger partial charge < -0.3 is 9.80 Å². The predicted octanol–water partition coefficient (Wildman–Crippen LogP) is 2.51. The molecule has 0 atom stereocenters. The number of pyridine rings is 1. The van der Waals surface area contributed by atoms with Crippen LogP contribution in [0.1, 0.15) is 40.9 Å². The van der Waals surface area contributed by atoms with E-state index in [9.17, 15) is 4.79 Å². The maximum absolute atomic E-state index is 13.1. The summed E-state index contributed by atoms with van der Waals surface area (Å²) >= 11 is 1.52. The molecule has 2 aliphatic heterocycles. The highest BCUT2D eigenvalue weighted by Gasteiger charge is 2.29. The number of amides is 1. The van der Waals surface area contributed by atoms with E-state index in [1.54, 1.807) is 6.20 Å². The number of carbonyl (C=O) groups excluding carboxylic acids is 1. The van der Waals surface area contributed by atoms with Gasteiger partial charge in [-0.05, 0) is 43.2 Å². The van der Waals surface area contributed by atoms with Crippen LogP contribution in [0.3, 0.4) is 0 Å². The lowest BCUT2D eigenvalue weighted by atomic mass is 9.91. The molecule has 2 fully saturated rings. The number of fused-ring (bicyclic) bond motifs is 1. The third kappa shape index (κ3) is 4.28. The van der Waals surface area contributed by atoms with Gasteiger partial charge in [0.25, 0.3) is 5.91 Å². The molecule has 4 heterocycles. The first-order valence-electron chi connectivity index (χ1n) is 11.3. The molecule has 1 amide bonds. The summed E-state index contributed by atoms with van der Waals surface area (Å²) in [6, 6.07) is 4.52. The molecule has 0 N–H and O–H groups in total. The Balaban J connectivity index is 1.25. The highest BCUT2D eigenvalue weighted by Crippen LogP contribution is 2.27. The van der Waals surface area contributed by atoms with Crippen molar-refractivity contribution in [2.75, 3.05) is 50.4 Å². The molecule has 0 unspecified atom stereocenters. The first-order chi connectivity index (χ1) is 15.2. The van der Waals surface area contributed by atoms with Crippen LogP contribution in [-0.4, -0.2) is 82.2 Å². The Bertz CT molecular complexity index is 941. The van der Waals surface area contributed by atoms with Gasteiger partial charge in [0.05, 0.1) is 11.3 Å². The van der Waals surface area contributed by atoms with Crippen LogP contribution >= 0.6 is 11.8 Å². The Kier molecular flexibility index (Phi) is 6.09. The van der Waals surface area contributed by atoms with Crippen LogP contribution < -0.4 is 4.90 Å². The molecule has 8 heteroatoms. The molecule has 7 nitrogen and oxygen atoms in total. The van der Waals surface area contributed by atoms with Crippen molar-refractivity contribution in [1.82, 2.24) is 24.8 Å². The number of nitrogens with zero attached hydrogens (tertiary/aromatic N) is 6. The van der Waals surface area contributed by atoms with E-state index in [0.29, 0.717) is 18.7 Å². The zero-order chi connectivity index (χ0) is 21.2. The maximum atomic E-state index is 13.1. The molecule has 2 aromatic rings. The van der Waals surface area contributed by atoms with E-state index in [0.717, 1.165) is 61.7 Å². The van der Waals surface area contributed by atoms with E-state index >= 15 is 0 Å². The van der Waals surface area contributed by atoms with E-state index in [1.807, 2.05) is 29.5 Å². The Morgan fingerprint density at radius 2 is 1.87 bits per heavy atom. The molecule has 164 valence electrons. The van der Waals surface area contributed by atoms with Crippen molar-refractivity contribution < 1.29 is 4.79 Å². The number of hydrogen-bond acceptors (Lipinski definition) is 7. The summed E-state index contributed by atoms with van der Waals surface area (Å²) in [6.45, 7) is 5.58. The minimum Gasteiger partial charge on any atom is -0.338 e. The van der Waals surface area contributed by atoms with Crippen LogP contribution in [0.4, 0.5) is 5.95 Å². The van der Waals surface area contributed by atoms with E-state index in [-0.39, 0.29) is 5.91 Å². The predicted molar refractivity (Wildman–Crippen MR) is 123 cm³/mol. The molecular weight excluding hydrogens is 408 g/mol. The van der Waals surface area contributed by atoms with Crippen LogP contribution in [0.15, 0.2) is 29.6 Å². The number of hydrogen-bond donors (Lipinski definition) is 0. The second-order valence-electron chi connectivity index (χ2n) is 8.60. The van der Waals surface area contributed by atoms with Gasteiger partial charge in [-0.15, -0.1) is 11.8 Å². The van der Waals surface area contributed by atoms with E-state index in [1.165, 1.54) is 36.6 Å². The molecule has 5 rings (SSSR count). The summed E-state index contributed by atoms with van der Waals surface area (Å²) in [5.41, 5.74) is 2.96. The van der Waals surface area contributed by atoms with Gasteiger partial charge in [0.1, 0.15) is 5.03 Å².